The van der Waals surface area contributed by atoms with Crippen molar-refractivity contribution in [3.63, 3.8) is 0 Å². The number of hydrogen-bond donors (Lipinski definition) is 3. The quantitative estimate of drug-likeness (QED) is 0.552. The standard InChI is InChI=1S/C16H26N4OS/c1-3-17-16(20-13-6-7-15(21)18-11-13)19-10-12(2)9-14-5-4-8-22-14/h4-5,8,12-13H,3,6-7,9-11H2,1-2H3,(H,18,21)(H2,17,19,20). The smallest absolute Gasteiger partial charge is 0.220 e. The van der Waals surface area contributed by atoms with Crippen LogP contribution in [0.5, 0.6) is 0 Å². The molecule has 0 spiro atoms. The summed E-state index contributed by atoms with van der Waals surface area (Å²) in [6.45, 7) is 6.60. The molecule has 1 amide bonds. The number of aliphatic imine (C=N–C) groups is 1. The summed E-state index contributed by atoms with van der Waals surface area (Å²) in [6.07, 6.45) is 2.52. The van der Waals surface area contributed by atoms with E-state index in [4.69, 9.17) is 4.99 Å². The van der Waals surface area contributed by atoms with E-state index in [-0.39, 0.29) is 11.9 Å². The molecule has 22 heavy (non-hydrogen) atoms. The molecule has 1 aliphatic rings. The lowest BCUT2D eigenvalue weighted by atomic mass is 10.1. The average Bonchev–Trinajstić information content (AvgIpc) is 3.00. The van der Waals surface area contributed by atoms with Crippen LogP contribution in [0.15, 0.2) is 22.5 Å². The largest absolute Gasteiger partial charge is 0.357 e. The molecule has 3 N–H and O–H groups in total. The van der Waals surface area contributed by atoms with Gasteiger partial charge in [-0.25, -0.2) is 0 Å². The van der Waals surface area contributed by atoms with Gasteiger partial charge in [-0.05, 0) is 37.1 Å². The van der Waals surface area contributed by atoms with Crippen molar-refractivity contribution in [2.24, 2.45) is 10.9 Å². The van der Waals surface area contributed by atoms with Gasteiger partial charge in [-0.1, -0.05) is 13.0 Å². The van der Waals surface area contributed by atoms with Crippen LogP contribution in [0.1, 0.15) is 31.6 Å². The Labute approximate surface area is 136 Å². The van der Waals surface area contributed by atoms with Crippen LogP contribution in [0, 0.1) is 5.92 Å². The van der Waals surface area contributed by atoms with Crippen molar-refractivity contribution >= 4 is 23.2 Å². The summed E-state index contributed by atoms with van der Waals surface area (Å²) in [6, 6.07) is 4.54. The predicted molar refractivity (Wildman–Crippen MR) is 92.3 cm³/mol. The van der Waals surface area contributed by atoms with Gasteiger partial charge in [0.1, 0.15) is 0 Å². The number of nitrogens with zero attached hydrogens (tertiary/aromatic N) is 1. The lowest BCUT2D eigenvalue weighted by Gasteiger charge is -2.25. The number of nitrogens with one attached hydrogen (secondary N) is 3. The summed E-state index contributed by atoms with van der Waals surface area (Å²) in [5.74, 6) is 1.51. The van der Waals surface area contributed by atoms with Crippen LogP contribution in [0.2, 0.25) is 0 Å². The fourth-order valence-electron chi connectivity index (χ4n) is 2.45. The summed E-state index contributed by atoms with van der Waals surface area (Å²) >= 11 is 1.80. The van der Waals surface area contributed by atoms with Gasteiger partial charge in [-0.3, -0.25) is 9.79 Å². The van der Waals surface area contributed by atoms with Crippen LogP contribution >= 0.6 is 11.3 Å². The minimum absolute atomic E-state index is 0.143. The number of carbonyl (C=O) groups excluding carboxylic acids is 1. The van der Waals surface area contributed by atoms with Crippen molar-refractivity contribution in [3.8, 4) is 0 Å². The second kappa shape index (κ2) is 8.78. The number of amides is 1. The Bertz CT molecular complexity index is 476. The molecule has 0 saturated carbocycles. The van der Waals surface area contributed by atoms with Crippen LogP contribution in [0.25, 0.3) is 0 Å². The number of hydrogen-bond acceptors (Lipinski definition) is 3. The van der Waals surface area contributed by atoms with E-state index in [1.54, 1.807) is 11.3 Å². The van der Waals surface area contributed by atoms with Gasteiger partial charge in [0, 0.05) is 37.0 Å². The monoisotopic (exact) mass is 322 g/mol. The molecule has 122 valence electrons. The lowest BCUT2D eigenvalue weighted by molar-refractivity contribution is -0.122. The third-order valence-electron chi connectivity index (χ3n) is 3.64. The Morgan fingerprint density at radius 2 is 2.45 bits per heavy atom. The van der Waals surface area contributed by atoms with Crippen molar-refractivity contribution < 1.29 is 4.79 Å². The maximum absolute atomic E-state index is 11.2. The lowest BCUT2D eigenvalue weighted by Crippen LogP contribution is -2.51. The van der Waals surface area contributed by atoms with E-state index < -0.39 is 0 Å². The van der Waals surface area contributed by atoms with E-state index >= 15 is 0 Å². The van der Waals surface area contributed by atoms with E-state index in [0.717, 1.165) is 31.9 Å². The second-order valence-electron chi connectivity index (χ2n) is 5.79. The zero-order valence-corrected chi connectivity index (χ0v) is 14.2. The first-order valence-corrected chi connectivity index (χ1v) is 8.89. The first kappa shape index (κ1) is 16.8. The van der Waals surface area contributed by atoms with Crippen molar-refractivity contribution in [2.45, 2.75) is 39.2 Å². The topological polar surface area (TPSA) is 65.5 Å². The predicted octanol–water partition coefficient (Wildman–Crippen LogP) is 1.76. The van der Waals surface area contributed by atoms with Crippen molar-refractivity contribution in [3.05, 3.63) is 22.4 Å². The second-order valence-corrected chi connectivity index (χ2v) is 6.82. The van der Waals surface area contributed by atoms with Crippen LogP contribution in [-0.4, -0.2) is 37.5 Å². The molecule has 5 nitrogen and oxygen atoms in total. The highest BCUT2D eigenvalue weighted by Gasteiger charge is 2.18. The molecule has 1 fully saturated rings. The first-order valence-electron chi connectivity index (χ1n) is 8.01. The van der Waals surface area contributed by atoms with E-state index in [1.165, 1.54) is 4.88 Å². The van der Waals surface area contributed by atoms with Crippen LogP contribution in [0.3, 0.4) is 0 Å². The third-order valence-corrected chi connectivity index (χ3v) is 4.54. The van der Waals surface area contributed by atoms with E-state index in [1.807, 2.05) is 0 Å². The van der Waals surface area contributed by atoms with E-state index in [9.17, 15) is 4.79 Å². The summed E-state index contributed by atoms with van der Waals surface area (Å²) in [5, 5.41) is 11.7. The Hall–Kier alpha value is -1.56. The van der Waals surface area contributed by atoms with Gasteiger partial charge < -0.3 is 16.0 Å². The molecular weight excluding hydrogens is 296 g/mol. The van der Waals surface area contributed by atoms with Gasteiger partial charge in [0.25, 0.3) is 0 Å². The van der Waals surface area contributed by atoms with Gasteiger partial charge in [0.15, 0.2) is 5.96 Å². The molecule has 2 heterocycles. The van der Waals surface area contributed by atoms with E-state index in [0.29, 0.717) is 18.9 Å². The molecule has 1 aliphatic heterocycles. The Kier molecular flexibility index (Phi) is 6.71. The number of guanidine groups is 1. The molecule has 6 heteroatoms. The SMILES string of the molecule is CCNC(=NCC(C)Cc1cccs1)NC1CCC(=O)NC1. The molecule has 0 radical (unpaired) electrons. The van der Waals surface area contributed by atoms with Crippen molar-refractivity contribution in [2.75, 3.05) is 19.6 Å². The zero-order valence-electron chi connectivity index (χ0n) is 13.4. The molecule has 1 aromatic rings. The van der Waals surface area contributed by atoms with Crippen LogP contribution in [-0.2, 0) is 11.2 Å². The number of carbonyl (C=O) groups is 1. The summed E-state index contributed by atoms with van der Waals surface area (Å²) in [5.41, 5.74) is 0. The molecule has 2 unspecified atom stereocenters. The molecule has 1 saturated heterocycles. The van der Waals surface area contributed by atoms with E-state index in [2.05, 4.69) is 47.3 Å². The number of piperidine rings is 1. The fraction of sp³-hybridized carbons (Fsp3) is 0.625. The Morgan fingerprint density at radius 3 is 3.09 bits per heavy atom. The molecule has 0 bridgehead atoms. The average molecular weight is 322 g/mol. The van der Waals surface area contributed by atoms with Crippen LogP contribution in [0.4, 0.5) is 0 Å². The number of rotatable bonds is 6. The molecule has 2 rings (SSSR count). The van der Waals surface area contributed by atoms with Gasteiger partial charge in [-0.15, -0.1) is 11.3 Å². The zero-order chi connectivity index (χ0) is 15.8. The van der Waals surface area contributed by atoms with Crippen molar-refractivity contribution in [1.29, 1.82) is 0 Å². The minimum Gasteiger partial charge on any atom is -0.357 e. The number of thiophene rings is 1. The van der Waals surface area contributed by atoms with Crippen molar-refractivity contribution in [1.82, 2.24) is 16.0 Å². The maximum Gasteiger partial charge on any atom is 0.220 e. The summed E-state index contributed by atoms with van der Waals surface area (Å²) in [4.78, 5) is 17.3. The normalized spacial score (nSPS) is 20.4. The molecule has 0 aliphatic carbocycles. The highest BCUT2D eigenvalue weighted by atomic mass is 32.1. The maximum atomic E-state index is 11.2. The fourth-order valence-corrected chi connectivity index (χ4v) is 3.32. The van der Waals surface area contributed by atoms with Gasteiger partial charge in [0.2, 0.25) is 5.91 Å². The first-order chi connectivity index (χ1) is 10.7. The molecular formula is C16H26N4OS. The summed E-state index contributed by atoms with van der Waals surface area (Å²) in [7, 11) is 0. The van der Waals surface area contributed by atoms with Gasteiger partial charge in [-0.2, -0.15) is 0 Å². The Balaban J connectivity index is 1.82. The van der Waals surface area contributed by atoms with Gasteiger partial charge >= 0.3 is 0 Å². The molecule has 1 aromatic heterocycles. The molecule has 0 aromatic carbocycles. The Morgan fingerprint density at radius 1 is 1.59 bits per heavy atom. The van der Waals surface area contributed by atoms with Gasteiger partial charge in [0.05, 0.1) is 0 Å². The molecule has 2 atom stereocenters. The van der Waals surface area contributed by atoms with Crippen LogP contribution < -0.4 is 16.0 Å². The highest BCUT2D eigenvalue weighted by Crippen LogP contribution is 2.14. The summed E-state index contributed by atoms with van der Waals surface area (Å²) < 4.78 is 0. The third kappa shape index (κ3) is 5.67. The minimum atomic E-state index is 0.143. The highest BCUT2D eigenvalue weighted by molar-refractivity contribution is 7.09.